The first kappa shape index (κ1) is 14.2. The van der Waals surface area contributed by atoms with E-state index in [0.717, 1.165) is 29.0 Å². The Kier molecular flexibility index (Phi) is 5.47. The molecule has 0 spiro atoms. The van der Waals surface area contributed by atoms with Crippen molar-refractivity contribution in [1.82, 2.24) is 15.2 Å². The summed E-state index contributed by atoms with van der Waals surface area (Å²) >= 11 is 7.44. The van der Waals surface area contributed by atoms with Gasteiger partial charge in [-0.2, -0.15) is 0 Å². The molecular weight excluding hydrogens is 265 g/mol. The van der Waals surface area contributed by atoms with E-state index in [4.69, 9.17) is 11.6 Å². The summed E-state index contributed by atoms with van der Waals surface area (Å²) < 4.78 is 0.779. The molecule has 6 heteroatoms. The third-order valence-electron chi connectivity index (χ3n) is 2.52. The molecule has 1 N–H and O–H groups in total. The number of nitrogens with zero attached hydrogens (tertiary/aromatic N) is 2. The smallest absolute Gasteiger partial charge is 0.113 e. The van der Waals surface area contributed by atoms with Crippen molar-refractivity contribution in [2.45, 2.75) is 32.5 Å². The summed E-state index contributed by atoms with van der Waals surface area (Å²) in [5, 5.41) is 4.63. The van der Waals surface area contributed by atoms with E-state index in [1.807, 2.05) is 0 Å². The van der Waals surface area contributed by atoms with Gasteiger partial charge in [-0.15, -0.1) is 23.7 Å². The van der Waals surface area contributed by atoms with Gasteiger partial charge < -0.3 is 5.32 Å². The highest BCUT2D eigenvalue weighted by Crippen LogP contribution is 2.20. The molecule has 2 heterocycles. The van der Waals surface area contributed by atoms with Crippen LogP contribution in [0.1, 0.15) is 18.9 Å². The van der Waals surface area contributed by atoms with Crippen LogP contribution < -0.4 is 5.32 Å². The van der Waals surface area contributed by atoms with Crippen molar-refractivity contribution < 1.29 is 0 Å². The van der Waals surface area contributed by atoms with Crippen molar-refractivity contribution >= 4 is 35.3 Å². The van der Waals surface area contributed by atoms with Gasteiger partial charge in [0.1, 0.15) is 9.34 Å². The van der Waals surface area contributed by atoms with E-state index in [1.165, 1.54) is 0 Å². The SMILES string of the molecule is CC1CN(Cc2ncc(Cl)s2)CC(C)N1.Cl. The summed E-state index contributed by atoms with van der Waals surface area (Å²) in [4.78, 5) is 6.72. The zero-order valence-corrected chi connectivity index (χ0v) is 11.8. The topological polar surface area (TPSA) is 28.2 Å². The summed E-state index contributed by atoms with van der Waals surface area (Å²) in [7, 11) is 0. The summed E-state index contributed by atoms with van der Waals surface area (Å²) in [6.45, 7) is 7.53. The fourth-order valence-electron chi connectivity index (χ4n) is 2.12. The number of hydrogen-bond acceptors (Lipinski definition) is 4. The summed E-state index contributed by atoms with van der Waals surface area (Å²) in [6.07, 6.45) is 1.73. The first-order valence-electron chi connectivity index (χ1n) is 5.22. The normalized spacial score (nSPS) is 26.4. The van der Waals surface area contributed by atoms with E-state index in [1.54, 1.807) is 17.5 Å². The Morgan fingerprint density at radius 1 is 1.50 bits per heavy atom. The highest BCUT2D eigenvalue weighted by Gasteiger charge is 2.21. The van der Waals surface area contributed by atoms with Crippen LogP contribution in [0.15, 0.2) is 6.20 Å². The van der Waals surface area contributed by atoms with Crippen molar-refractivity contribution in [3.63, 3.8) is 0 Å². The average molecular weight is 282 g/mol. The second-order valence-corrected chi connectivity index (χ2v) is 5.97. The Morgan fingerprint density at radius 3 is 2.62 bits per heavy atom. The summed E-state index contributed by atoms with van der Waals surface area (Å²) in [5.41, 5.74) is 0. The van der Waals surface area contributed by atoms with E-state index < -0.39 is 0 Å². The molecule has 16 heavy (non-hydrogen) atoms. The lowest BCUT2D eigenvalue weighted by Crippen LogP contribution is -2.53. The molecular formula is C10H17Cl2N3S. The van der Waals surface area contributed by atoms with Crippen LogP contribution >= 0.6 is 35.3 Å². The van der Waals surface area contributed by atoms with Gasteiger partial charge in [0.2, 0.25) is 0 Å². The molecule has 0 amide bonds. The van der Waals surface area contributed by atoms with Crippen LogP contribution in [0.5, 0.6) is 0 Å². The molecule has 1 aliphatic rings. The Balaban J connectivity index is 0.00000128. The standard InChI is InChI=1S/C10H16ClN3S.ClH/c1-7-4-14(5-8(2)13-7)6-10-12-3-9(11)15-10;/h3,7-8,13H,4-6H2,1-2H3;1H. The molecule has 1 aliphatic heterocycles. The lowest BCUT2D eigenvalue weighted by atomic mass is 10.1. The van der Waals surface area contributed by atoms with Gasteiger partial charge in [0.25, 0.3) is 0 Å². The number of thiazole rings is 1. The molecule has 0 aliphatic carbocycles. The summed E-state index contributed by atoms with van der Waals surface area (Å²) in [5.74, 6) is 0. The zero-order chi connectivity index (χ0) is 10.8. The molecule has 0 radical (unpaired) electrons. The third kappa shape index (κ3) is 3.86. The van der Waals surface area contributed by atoms with Crippen molar-refractivity contribution in [2.75, 3.05) is 13.1 Å². The van der Waals surface area contributed by atoms with Gasteiger partial charge >= 0.3 is 0 Å². The second kappa shape index (κ2) is 6.17. The van der Waals surface area contributed by atoms with E-state index in [-0.39, 0.29) is 12.4 Å². The van der Waals surface area contributed by atoms with E-state index in [9.17, 15) is 0 Å². The lowest BCUT2D eigenvalue weighted by molar-refractivity contribution is 0.166. The maximum absolute atomic E-state index is 5.86. The van der Waals surface area contributed by atoms with Crippen LogP contribution in [-0.4, -0.2) is 35.1 Å². The third-order valence-corrected chi connectivity index (χ3v) is 3.62. The van der Waals surface area contributed by atoms with E-state index in [0.29, 0.717) is 12.1 Å². The highest BCUT2D eigenvalue weighted by molar-refractivity contribution is 7.15. The first-order chi connectivity index (χ1) is 7.13. The van der Waals surface area contributed by atoms with Gasteiger partial charge in [-0.3, -0.25) is 4.90 Å². The number of rotatable bonds is 2. The molecule has 1 aromatic heterocycles. The number of nitrogens with one attached hydrogen (secondary N) is 1. The molecule has 2 rings (SSSR count). The number of hydrogen-bond donors (Lipinski definition) is 1. The predicted octanol–water partition coefficient (Wildman–Crippen LogP) is 2.40. The van der Waals surface area contributed by atoms with Gasteiger partial charge in [0, 0.05) is 25.2 Å². The maximum Gasteiger partial charge on any atom is 0.113 e. The molecule has 0 bridgehead atoms. The van der Waals surface area contributed by atoms with Gasteiger partial charge in [-0.1, -0.05) is 11.6 Å². The molecule has 1 saturated heterocycles. The Morgan fingerprint density at radius 2 is 2.12 bits per heavy atom. The minimum Gasteiger partial charge on any atom is -0.309 e. The van der Waals surface area contributed by atoms with Crippen LogP contribution in [0.3, 0.4) is 0 Å². The Labute approximate surface area is 112 Å². The van der Waals surface area contributed by atoms with Gasteiger partial charge in [0.05, 0.1) is 12.7 Å². The summed E-state index contributed by atoms with van der Waals surface area (Å²) in [6, 6.07) is 1.12. The molecule has 3 nitrogen and oxygen atoms in total. The van der Waals surface area contributed by atoms with E-state index in [2.05, 4.69) is 29.0 Å². The van der Waals surface area contributed by atoms with Crippen LogP contribution in [0.2, 0.25) is 4.34 Å². The van der Waals surface area contributed by atoms with Crippen LogP contribution in [0, 0.1) is 0 Å². The monoisotopic (exact) mass is 281 g/mol. The zero-order valence-electron chi connectivity index (χ0n) is 9.44. The average Bonchev–Trinajstić information content (AvgIpc) is 2.49. The molecule has 2 atom stereocenters. The molecule has 0 saturated carbocycles. The fraction of sp³-hybridized carbons (Fsp3) is 0.700. The van der Waals surface area contributed by atoms with Crippen molar-refractivity contribution in [3.05, 3.63) is 15.5 Å². The minimum atomic E-state index is 0. The number of aromatic nitrogens is 1. The molecule has 1 aromatic rings. The van der Waals surface area contributed by atoms with Gasteiger partial charge in [0.15, 0.2) is 0 Å². The number of piperazine rings is 1. The number of halogens is 2. The van der Waals surface area contributed by atoms with Gasteiger partial charge in [-0.25, -0.2) is 4.98 Å². The van der Waals surface area contributed by atoms with Crippen LogP contribution in [-0.2, 0) is 6.54 Å². The fourth-order valence-corrected chi connectivity index (χ4v) is 3.12. The van der Waals surface area contributed by atoms with Crippen LogP contribution in [0.25, 0.3) is 0 Å². The first-order valence-corrected chi connectivity index (χ1v) is 6.41. The van der Waals surface area contributed by atoms with Crippen molar-refractivity contribution in [3.8, 4) is 0 Å². The van der Waals surface area contributed by atoms with Crippen LogP contribution in [0.4, 0.5) is 0 Å². The van der Waals surface area contributed by atoms with Crippen molar-refractivity contribution in [1.29, 1.82) is 0 Å². The Bertz CT molecular complexity index is 322. The molecule has 0 aromatic carbocycles. The Hall–Kier alpha value is 0.130. The van der Waals surface area contributed by atoms with Gasteiger partial charge in [-0.05, 0) is 13.8 Å². The minimum absolute atomic E-state index is 0. The van der Waals surface area contributed by atoms with E-state index >= 15 is 0 Å². The lowest BCUT2D eigenvalue weighted by Gasteiger charge is -2.35. The maximum atomic E-state index is 5.86. The highest BCUT2D eigenvalue weighted by atomic mass is 35.5. The quantitative estimate of drug-likeness (QED) is 0.903. The molecule has 2 unspecified atom stereocenters. The molecule has 92 valence electrons. The predicted molar refractivity (Wildman–Crippen MR) is 71.7 cm³/mol. The second-order valence-electron chi connectivity index (χ2n) is 4.22. The largest absolute Gasteiger partial charge is 0.309 e. The molecule has 1 fully saturated rings. The van der Waals surface area contributed by atoms with Crippen molar-refractivity contribution in [2.24, 2.45) is 0 Å².